The average Bonchev–Trinajstić information content (AvgIpc) is 2.57. The van der Waals surface area contributed by atoms with Gasteiger partial charge in [0.1, 0.15) is 0 Å². The number of aromatic nitrogens is 4. The molecule has 0 radical (unpaired) electrons. The van der Waals surface area contributed by atoms with Crippen LogP contribution in [0.5, 0.6) is 0 Å². The summed E-state index contributed by atoms with van der Waals surface area (Å²) in [4.78, 5) is 8.18. The fourth-order valence-electron chi connectivity index (χ4n) is 1.23. The Kier molecular flexibility index (Phi) is 1.77. The molecule has 2 aromatic rings. The van der Waals surface area contributed by atoms with Crippen LogP contribution in [-0.4, -0.2) is 19.7 Å². The fourth-order valence-corrected chi connectivity index (χ4v) is 1.23. The number of nitrogen functional groups attached to an aromatic ring is 1. The highest BCUT2D eigenvalue weighted by Gasteiger charge is 2.14. The second-order valence-corrected chi connectivity index (χ2v) is 3.06. The van der Waals surface area contributed by atoms with Gasteiger partial charge in [0.25, 0.3) is 0 Å². The first kappa shape index (κ1) is 8.74. The van der Waals surface area contributed by atoms with E-state index in [1.807, 2.05) is 6.92 Å². The van der Waals surface area contributed by atoms with Crippen molar-refractivity contribution in [3.05, 3.63) is 11.6 Å². The summed E-state index contributed by atoms with van der Waals surface area (Å²) in [7, 11) is 1.73. The summed E-state index contributed by atoms with van der Waals surface area (Å²) in [6.45, 7) is 3.63. The number of nitrogens with two attached hydrogens (primary N) is 1. The molecule has 6 nitrogen and oxygen atoms in total. The zero-order valence-corrected chi connectivity index (χ0v) is 8.27. The van der Waals surface area contributed by atoms with Gasteiger partial charge in [-0.2, -0.15) is 4.98 Å². The first-order valence-electron chi connectivity index (χ1n) is 4.19. The zero-order chi connectivity index (χ0) is 10.3. The van der Waals surface area contributed by atoms with Crippen LogP contribution in [0.4, 0.5) is 5.95 Å². The van der Waals surface area contributed by atoms with Crippen molar-refractivity contribution in [3.8, 4) is 11.6 Å². The molecule has 0 fully saturated rings. The lowest BCUT2D eigenvalue weighted by molar-refractivity contribution is 0.529. The predicted molar refractivity (Wildman–Crippen MR) is 50.4 cm³/mol. The molecule has 2 heterocycles. The maximum absolute atomic E-state index is 5.56. The summed E-state index contributed by atoms with van der Waals surface area (Å²) in [6.07, 6.45) is 0. The van der Waals surface area contributed by atoms with Crippen LogP contribution in [-0.2, 0) is 7.05 Å². The van der Waals surface area contributed by atoms with E-state index in [4.69, 9.17) is 10.2 Å². The van der Waals surface area contributed by atoms with Gasteiger partial charge in [-0.15, -0.1) is 5.10 Å². The minimum Gasteiger partial charge on any atom is -0.437 e. The number of hydrogen-bond donors (Lipinski definition) is 1. The summed E-state index contributed by atoms with van der Waals surface area (Å²) < 4.78 is 6.86. The lowest BCUT2D eigenvalue weighted by Crippen LogP contribution is -1.97. The summed E-state index contributed by atoms with van der Waals surface area (Å²) >= 11 is 0. The number of aryl methyl sites for hydroxylation is 3. The van der Waals surface area contributed by atoms with Gasteiger partial charge < -0.3 is 10.2 Å². The van der Waals surface area contributed by atoms with Gasteiger partial charge in [0.05, 0.1) is 5.69 Å². The van der Waals surface area contributed by atoms with Crippen LogP contribution in [0.25, 0.3) is 11.6 Å². The van der Waals surface area contributed by atoms with Crippen molar-refractivity contribution in [2.45, 2.75) is 13.8 Å². The maximum atomic E-state index is 5.56. The summed E-state index contributed by atoms with van der Waals surface area (Å²) in [5.41, 5.74) is 6.33. The maximum Gasteiger partial charge on any atom is 0.220 e. The van der Waals surface area contributed by atoms with Crippen LogP contribution < -0.4 is 5.73 Å². The van der Waals surface area contributed by atoms with Crippen molar-refractivity contribution in [2.24, 2.45) is 7.05 Å². The quantitative estimate of drug-likeness (QED) is 0.719. The number of oxazole rings is 1. The number of rotatable bonds is 1. The molecule has 0 aliphatic rings. The molecule has 6 heteroatoms. The molecule has 2 rings (SSSR count). The Morgan fingerprint density at radius 2 is 2.00 bits per heavy atom. The van der Waals surface area contributed by atoms with Gasteiger partial charge >= 0.3 is 0 Å². The molecule has 0 bridgehead atoms. The third-order valence-electron chi connectivity index (χ3n) is 1.90. The third kappa shape index (κ3) is 1.24. The smallest absolute Gasteiger partial charge is 0.220 e. The highest BCUT2D eigenvalue weighted by molar-refractivity contribution is 5.51. The molecule has 0 unspecified atom stereocenters. The van der Waals surface area contributed by atoms with Crippen molar-refractivity contribution in [1.29, 1.82) is 0 Å². The van der Waals surface area contributed by atoms with E-state index < -0.39 is 0 Å². The molecule has 0 aliphatic carbocycles. The topological polar surface area (TPSA) is 82.8 Å². The van der Waals surface area contributed by atoms with Gasteiger partial charge in [-0.25, -0.2) is 9.67 Å². The van der Waals surface area contributed by atoms with Crippen LogP contribution in [0.1, 0.15) is 11.6 Å². The molecule has 0 atom stereocenters. The second-order valence-electron chi connectivity index (χ2n) is 3.06. The summed E-state index contributed by atoms with van der Waals surface area (Å²) in [5.74, 6) is 2.01. The molecule has 0 aliphatic heterocycles. The number of nitrogens with zero attached hydrogens (tertiary/aromatic N) is 4. The highest BCUT2D eigenvalue weighted by atomic mass is 16.4. The Morgan fingerprint density at radius 1 is 1.29 bits per heavy atom. The van der Waals surface area contributed by atoms with Gasteiger partial charge in [0.15, 0.2) is 11.7 Å². The second kappa shape index (κ2) is 2.83. The number of hydrogen-bond acceptors (Lipinski definition) is 5. The predicted octanol–water partition coefficient (Wildman–Crippen LogP) is 0.669. The molecule has 0 amide bonds. The highest BCUT2D eigenvalue weighted by Crippen LogP contribution is 2.21. The fraction of sp³-hybridized carbons (Fsp3) is 0.375. The van der Waals surface area contributed by atoms with Crippen LogP contribution in [0.15, 0.2) is 4.42 Å². The van der Waals surface area contributed by atoms with Crippen LogP contribution >= 0.6 is 0 Å². The molecule has 2 aromatic heterocycles. The van der Waals surface area contributed by atoms with Crippen molar-refractivity contribution in [2.75, 3.05) is 5.73 Å². The Balaban J connectivity index is 2.54. The summed E-state index contributed by atoms with van der Waals surface area (Å²) in [6, 6.07) is 0. The lowest BCUT2D eigenvalue weighted by Gasteiger charge is -1.87. The largest absolute Gasteiger partial charge is 0.437 e. The molecular weight excluding hydrogens is 182 g/mol. The molecule has 74 valence electrons. The third-order valence-corrected chi connectivity index (χ3v) is 1.90. The van der Waals surface area contributed by atoms with E-state index >= 15 is 0 Å². The van der Waals surface area contributed by atoms with Gasteiger partial charge in [0.2, 0.25) is 11.8 Å². The minimum absolute atomic E-state index is 0.355. The Bertz CT molecular complexity index is 451. The van der Waals surface area contributed by atoms with E-state index in [9.17, 15) is 0 Å². The summed E-state index contributed by atoms with van der Waals surface area (Å²) in [5, 5.41) is 4.10. The molecular formula is C8H11N5O. The molecule has 0 spiro atoms. The minimum atomic E-state index is 0.355. The van der Waals surface area contributed by atoms with E-state index in [-0.39, 0.29) is 0 Å². The van der Waals surface area contributed by atoms with Crippen LogP contribution in [0, 0.1) is 13.8 Å². The monoisotopic (exact) mass is 193 g/mol. The van der Waals surface area contributed by atoms with Gasteiger partial charge in [-0.05, 0) is 6.92 Å². The normalized spacial score (nSPS) is 10.8. The van der Waals surface area contributed by atoms with Gasteiger partial charge in [-0.1, -0.05) is 0 Å². The first-order valence-corrected chi connectivity index (χ1v) is 4.19. The zero-order valence-electron chi connectivity index (χ0n) is 8.27. The van der Waals surface area contributed by atoms with E-state index in [0.29, 0.717) is 23.4 Å². The molecule has 0 saturated heterocycles. The SMILES string of the molecule is Cc1nc(C)c(-c2nc(N)n(C)n2)o1. The molecule has 0 aromatic carbocycles. The molecule has 2 N–H and O–H groups in total. The molecule has 14 heavy (non-hydrogen) atoms. The van der Waals surface area contributed by atoms with Crippen molar-refractivity contribution >= 4 is 5.95 Å². The Labute approximate surface area is 80.8 Å². The Morgan fingerprint density at radius 3 is 2.43 bits per heavy atom. The van der Waals surface area contributed by atoms with E-state index in [1.165, 1.54) is 4.68 Å². The van der Waals surface area contributed by atoms with Gasteiger partial charge in [0, 0.05) is 14.0 Å². The van der Waals surface area contributed by atoms with Crippen molar-refractivity contribution in [1.82, 2.24) is 19.7 Å². The average molecular weight is 193 g/mol. The van der Waals surface area contributed by atoms with Gasteiger partial charge in [-0.3, -0.25) is 0 Å². The van der Waals surface area contributed by atoms with Crippen molar-refractivity contribution in [3.63, 3.8) is 0 Å². The number of anilines is 1. The van der Waals surface area contributed by atoms with E-state index in [2.05, 4.69) is 15.1 Å². The first-order chi connectivity index (χ1) is 6.58. The van der Waals surface area contributed by atoms with Crippen LogP contribution in [0.3, 0.4) is 0 Å². The lowest BCUT2D eigenvalue weighted by atomic mass is 10.3. The Hall–Kier alpha value is -1.85. The van der Waals surface area contributed by atoms with E-state index in [0.717, 1.165) is 5.69 Å². The van der Waals surface area contributed by atoms with Crippen LogP contribution in [0.2, 0.25) is 0 Å². The van der Waals surface area contributed by atoms with E-state index in [1.54, 1.807) is 14.0 Å². The molecule has 0 saturated carbocycles. The standard InChI is InChI=1S/C8H11N5O/c1-4-6(14-5(2)10-4)7-11-8(9)13(3)12-7/h1-3H3,(H2,9,11,12). The van der Waals surface area contributed by atoms with Crippen molar-refractivity contribution < 1.29 is 4.42 Å².